The summed E-state index contributed by atoms with van der Waals surface area (Å²) in [6, 6.07) is 10.0. The minimum Gasteiger partial charge on any atom is -0.321 e. The van der Waals surface area contributed by atoms with Gasteiger partial charge in [-0.25, -0.2) is 0 Å². The first-order valence-electron chi connectivity index (χ1n) is 7.82. The number of carbonyl (C=O) groups excluding carboxylic acids is 1. The Morgan fingerprint density at radius 2 is 1.95 bits per heavy atom. The molecule has 0 radical (unpaired) electrons. The Hall–Kier alpha value is -1.39. The van der Waals surface area contributed by atoms with E-state index in [1.165, 1.54) is 0 Å². The summed E-state index contributed by atoms with van der Waals surface area (Å²) in [6.07, 6.45) is 2.20. The molecule has 1 heterocycles. The molecule has 2 rings (SSSR count). The van der Waals surface area contributed by atoms with Crippen molar-refractivity contribution in [2.75, 3.05) is 20.6 Å². The van der Waals surface area contributed by atoms with E-state index in [1.807, 2.05) is 49.3 Å². The van der Waals surface area contributed by atoms with Crippen molar-refractivity contribution in [1.29, 1.82) is 0 Å². The summed E-state index contributed by atoms with van der Waals surface area (Å²) >= 11 is 0. The highest BCUT2D eigenvalue weighted by atomic mass is 16.2. The summed E-state index contributed by atoms with van der Waals surface area (Å²) < 4.78 is 0. The lowest BCUT2D eigenvalue weighted by Crippen LogP contribution is -2.47. The normalized spacial score (nSPS) is 23.9. The third kappa shape index (κ3) is 3.63. The van der Waals surface area contributed by atoms with Gasteiger partial charge in [0, 0.05) is 12.6 Å². The summed E-state index contributed by atoms with van der Waals surface area (Å²) in [7, 11) is 4.10. The van der Waals surface area contributed by atoms with Gasteiger partial charge in [0.25, 0.3) is 0 Å². The van der Waals surface area contributed by atoms with E-state index in [0.29, 0.717) is 0 Å². The number of hydrogen-bond donors (Lipinski definition) is 1. The first-order valence-corrected chi connectivity index (χ1v) is 7.82. The monoisotopic (exact) mass is 289 g/mol. The number of rotatable bonds is 6. The average Bonchev–Trinajstić information content (AvgIpc) is 2.76. The second-order valence-electron chi connectivity index (χ2n) is 6.17. The minimum absolute atomic E-state index is 0.141. The molecule has 3 unspecified atom stereocenters. The van der Waals surface area contributed by atoms with Crippen LogP contribution in [0.2, 0.25) is 0 Å². The second-order valence-corrected chi connectivity index (χ2v) is 6.17. The third-order valence-corrected chi connectivity index (χ3v) is 4.00. The van der Waals surface area contributed by atoms with Crippen molar-refractivity contribution in [1.82, 2.24) is 15.1 Å². The van der Waals surface area contributed by atoms with Crippen molar-refractivity contribution in [2.24, 2.45) is 0 Å². The van der Waals surface area contributed by atoms with E-state index in [4.69, 9.17) is 0 Å². The molecule has 3 atom stereocenters. The molecule has 1 N–H and O–H groups in total. The molecule has 21 heavy (non-hydrogen) atoms. The summed E-state index contributed by atoms with van der Waals surface area (Å²) in [5.74, 6) is 0.203. The number of nitrogens with one attached hydrogen (secondary N) is 1. The average molecular weight is 289 g/mol. The maximum atomic E-state index is 12.9. The Bertz CT molecular complexity index is 460. The summed E-state index contributed by atoms with van der Waals surface area (Å²) in [4.78, 5) is 17.0. The number of hydrogen-bond acceptors (Lipinski definition) is 3. The topological polar surface area (TPSA) is 35.6 Å². The van der Waals surface area contributed by atoms with Gasteiger partial charge in [0.1, 0.15) is 6.04 Å². The van der Waals surface area contributed by atoms with Crippen LogP contribution in [0, 0.1) is 0 Å². The van der Waals surface area contributed by atoms with Gasteiger partial charge < -0.3 is 9.80 Å². The molecule has 0 aliphatic carbocycles. The Morgan fingerprint density at radius 1 is 1.29 bits per heavy atom. The Balaban J connectivity index is 2.20. The molecule has 0 bridgehead atoms. The lowest BCUT2D eigenvalue weighted by molar-refractivity contribution is -0.132. The van der Waals surface area contributed by atoms with Crippen molar-refractivity contribution in [3.8, 4) is 0 Å². The fourth-order valence-electron chi connectivity index (χ4n) is 3.17. The van der Waals surface area contributed by atoms with Crippen LogP contribution in [0.1, 0.15) is 38.3 Å². The standard InChI is InChI=1S/C17H27N3O/c1-5-9-15-18-16(14-10-7-6-8-11-14)17(21)20(15)13(2)12-19(3)4/h6-8,10-11,13,15-16,18H,5,9,12H2,1-4H3. The van der Waals surface area contributed by atoms with E-state index in [9.17, 15) is 4.79 Å². The van der Waals surface area contributed by atoms with Gasteiger partial charge in [-0.2, -0.15) is 0 Å². The van der Waals surface area contributed by atoms with Crippen LogP contribution in [0.15, 0.2) is 30.3 Å². The van der Waals surface area contributed by atoms with Crippen LogP contribution >= 0.6 is 0 Å². The van der Waals surface area contributed by atoms with Crippen LogP contribution in [-0.2, 0) is 4.79 Å². The summed E-state index contributed by atoms with van der Waals surface area (Å²) in [5, 5.41) is 3.52. The highest BCUT2D eigenvalue weighted by Crippen LogP contribution is 2.27. The van der Waals surface area contributed by atoms with Crippen LogP contribution in [0.25, 0.3) is 0 Å². The van der Waals surface area contributed by atoms with Gasteiger partial charge in [-0.15, -0.1) is 0 Å². The zero-order chi connectivity index (χ0) is 15.4. The molecule has 1 aromatic rings. The minimum atomic E-state index is -0.202. The number of likely N-dealkylation sites (N-methyl/N-ethyl adjacent to an activating group) is 1. The van der Waals surface area contributed by atoms with Crippen molar-refractivity contribution in [2.45, 2.75) is 44.9 Å². The molecule has 1 amide bonds. The van der Waals surface area contributed by atoms with E-state index in [-0.39, 0.29) is 24.2 Å². The van der Waals surface area contributed by atoms with Crippen LogP contribution in [-0.4, -0.2) is 48.6 Å². The fourth-order valence-corrected chi connectivity index (χ4v) is 3.17. The number of benzene rings is 1. The summed E-state index contributed by atoms with van der Waals surface area (Å²) in [6.45, 7) is 5.18. The quantitative estimate of drug-likeness (QED) is 0.872. The predicted octanol–water partition coefficient (Wildman–Crippen LogP) is 2.24. The molecule has 1 aromatic carbocycles. The molecular weight excluding hydrogens is 262 g/mol. The maximum absolute atomic E-state index is 12.9. The predicted molar refractivity (Wildman–Crippen MR) is 85.9 cm³/mol. The summed E-state index contributed by atoms with van der Waals surface area (Å²) in [5.41, 5.74) is 1.06. The van der Waals surface area contributed by atoms with Crippen LogP contribution in [0.3, 0.4) is 0 Å². The molecule has 1 aliphatic rings. The molecule has 4 nitrogen and oxygen atoms in total. The van der Waals surface area contributed by atoms with Gasteiger partial charge in [0.2, 0.25) is 5.91 Å². The molecule has 116 valence electrons. The zero-order valence-electron chi connectivity index (χ0n) is 13.5. The van der Waals surface area contributed by atoms with E-state index in [2.05, 4.69) is 24.1 Å². The number of amides is 1. The number of nitrogens with zero attached hydrogens (tertiary/aromatic N) is 2. The van der Waals surface area contributed by atoms with E-state index in [1.54, 1.807) is 0 Å². The lowest BCUT2D eigenvalue weighted by atomic mass is 10.1. The molecule has 0 saturated carbocycles. The van der Waals surface area contributed by atoms with Crippen LogP contribution in [0.5, 0.6) is 0 Å². The zero-order valence-corrected chi connectivity index (χ0v) is 13.5. The Morgan fingerprint density at radius 3 is 2.52 bits per heavy atom. The first-order chi connectivity index (χ1) is 10.0. The fraction of sp³-hybridized carbons (Fsp3) is 0.588. The first kappa shape index (κ1) is 16.0. The van der Waals surface area contributed by atoms with Gasteiger partial charge in [0.05, 0.1) is 6.17 Å². The third-order valence-electron chi connectivity index (χ3n) is 4.00. The maximum Gasteiger partial charge on any atom is 0.245 e. The molecule has 1 aliphatic heterocycles. The highest BCUT2D eigenvalue weighted by molar-refractivity contribution is 5.86. The van der Waals surface area contributed by atoms with Gasteiger partial charge in [-0.3, -0.25) is 10.1 Å². The van der Waals surface area contributed by atoms with Crippen molar-refractivity contribution in [3.05, 3.63) is 35.9 Å². The second kappa shape index (κ2) is 7.05. The van der Waals surface area contributed by atoms with Crippen LogP contribution in [0.4, 0.5) is 0 Å². The molecule has 0 aromatic heterocycles. The van der Waals surface area contributed by atoms with Crippen molar-refractivity contribution >= 4 is 5.91 Å². The molecule has 0 spiro atoms. The van der Waals surface area contributed by atoms with Crippen molar-refractivity contribution < 1.29 is 4.79 Å². The van der Waals surface area contributed by atoms with Crippen LogP contribution < -0.4 is 5.32 Å². The van der Waals surface area contributed by atoms with Gasteiger partial charge >= 0.3 is 0 Å². The molecule has 4 heteroatoms. The van der Waals surface area contributed by atoms with Crippen molar-refractivity contribution in [3.63, 3.8) is 0 Å². The Kier molecular flexibility index (Phi) is 5.37. The van der Waals surface area contributed by atoms with E-state index < -0.39 is 0 Å². The van der Waals surface area contributed by atoms with Gasteiger partial charge in [-0.05, 0) is 33.0 Å². The Labute approximate surface area is 128 Å². The molecule has 1 saturated heterocycles. The molecule has 1 fully saturated rings. The largest absolute Gasteiger partial charge is 0.321 e. The molecular formula is C17H27N3O. The lowest BCUT2D eigenvalue weighted by Gasteiger charge is -2.32. The van der Waals surface area contributed by atoms with Gasteiger partial charge in [0.15, 0.2) is 0 Å². The van der Waals surface area contributed by atoms with Gasteiger partial charge in [-0.1, -0.05) is 43.7 Å². The smallest absolute Gasteiger partial charge is 0.245 e. The highest BCUT2D eigenvalue weighted by Gasteiger charge is 2.41. The number of carbonyl (C=O) groups is 1. The van der Waals surface area contributed by atoms with E-state index in [0.717, 1.165) is 24.9 Å². The van der Waals surface area contributed by atoms with E-state index >= 15 is 0 Å². The SMILES string of the molecule is CCCC1NC(c2ccccc2)C(=O)N1C(C)CN(C)C.